The molecular weight excluding hydrogens is 357 g/mol. The zero-order valence-corrected chi connectivity index (χ0v) is 12.6. The third-order valence-corrected chi connectivity index (χ3v) is 3.76. The Hall–Kier alpha value is -1.70. The molecule has 19 heavy (non-hydrogen) atoms. The highest BCUT2D eigenvalue weighted by molar-refractivity contribution is 14.1. The number of carbonyl (C=O) groups is 1. The predicted molar refractivity (Wildman–Crippen MR) is 80.9 cm³/mol. The summed E-state index contributed by atoms with van der Waals surface area (Å²) < 4.78 is 1.12. The molecule has 0 aliphatic heterocycles. The van der Waals surface area contributed by atoms with Crippen molar-refractivity contribution in [1.29, 1.82) is 0 Å². The third kappa shape index (κ3) is 3.19. The Morgan fingerprint density at radius 3 is 2.74 bits per heavy atom. The lowest BCUT2D eigenvalue weighted by Gasteiger charge is -2.10. The van der Waals surface area contributed by atoms with E-state index < -0.39 is 5.97 Å². The highest BCUT2D eigenvalue weighted by atomic mass is 127. The molecule has 0 saturated heterocycles. The summed E-state index contributed by atoms with van der Waals surface area (Å²) in [6.07, 6.45) is 0. The van der Waals surface area contributed by atoms with Crippen molar-refractivity contribution in [2.45, 2.75) is 13.8 Å². The number of nitrogens with one attached hydrogen (secondary N) is 1. The molecule has 6 heteroatoms. The topological polar surface area (TPSA) is 75.1 Å². The number of carboxylic acid groups (broad SMARTS) is 1. The maximum absolute atomic E-state index is 11.0. The van der Waals surface area contributed by atoms with E-state index in [0.29, 0.717) is 11.6 Å². The van der Waals surface area contributed by atoms with Crippen LogP contribution in [-0.4, -0.2) is 21.0 Å². The minimum absolute atomic E-state index is 0.0155. The van der Waals surface area contributed by atoms with E-state index in [2.05, 4.69) is 37.9 Å². The minimum Gasteiger partial charge on any atom is -0.477 e. The molecule has 1 aromatic heterocycles. The van der Waals surface area contributed by atoms with E-state index in [9.17, 15) is 4.79 Å². The van der Waals surface area contributed by atoms with Crippen LogP contribution in [0.4, 0.5) is 11.6 Å². The van der Waals surface area contributed by atoms with Gasteiger partial charge in [0, 0.05) is 15.0 Å². The second-order valence-corrected chi connectivity index (χ2v) is 5.22. The first-order valence-corrected chi connectivity index (χ1v) is 6.66. The van der Waals surface area contributed by atoms with Gasteiger partial charge in [-0.3, -0.25) is 0 Å². The summed E-state index contributed by atoms with van der Waals surface area (Å²) in [7, 11) is 0. The van der Waals surface area contributed by atoms with Crippen molar-refractivity contribution in [2.75, 3.05) is 5.32 Å². The molecule has 0 aliphatic carbocycles. The van der Waals surface area contributed by atoms with Gasteiger partial charge in [-0.15, -0.1) is 0 Å². The van der Waals surface area contributed by atoms with Crippen molar-refractivity contribution in [3.05, 3.63) is 44.8 Å². The Morgan fingerprint density at radius 1 is 1.32 bits per heavy atom. The van der Waals surface area contributed by atoms with E-state index in [1.54, 1.807) is 6.92 Å². The van der Waals surface area contributed by atoms with Gasteiger partial charge in [0.2, 0.25) is 5.95 Å². The normalized spacial score (nSPS) is 10.3. The molecule has 0 aliphatic rings. The summed E-state index contributed by atoms with van der Waals surface area (Å²) in [5.41, 5.74) is 2.54. The van der Waals surface area contributed by atoms with Gasteiger partial charge in [-0.2, -0.15) is 0 Å². The van der Waals surface area contributed by atoms with E-state index in [1.165, 1.54) is 6.07 Å². The van der Waals surface area contributed by atoms with Crippen LogP contribution in [0.3, 0.4) is 0 Å². The van der Waals surface area contributed by atoms with Crippen molar-refractivity contribution in [2.24, 2.45) is 0 Å². The summed E-state index contributed by atoms with van der Waals surface area (Å²) in [6.45, 7) is 3.72. The van der Waals surface area contributed by atoms with Crippen LogP contribution in [-0.2, 0) is 0 Å². The molecular formula is C13H12IN3O2. The lowest BCUT2D eigenvalue weighted by atomic mass is 10.2. The molecule has 0 radical (unpaired) electrons. The van der Waals surface area contributed by atoms with Gasteiger partial charge >= 0.3 is 5.97 Å². The lowest BCUT2D eigenvalue weighted by Crippen LogP contribution is -2.07. The second-order valence-electron chi connectivity index (χ2n) is 4.06. The lowest BCUT2D eigenvalue weighted by molar-refractivity contribution is 0.0690. The number of rotatable bonds is 3. The largest absolute Gasteiger partial charge is 0.477 e. The zero-order valence-electron chi connectivity index (χ0n) is 10.4. The van der Waals surface area contributed by atoms with Crippen LogP contribution in [0.15, 0.2) is 24.3 Å². The smallest absolute Gasteiger partial charge is 0.354 e. The molecule has 0 amide bonds. The van der Waals surface area contributed by atoms with Crippen LogP contribution in [0.5, 0.6) is 0 Å². The summed E-state index contributed by atoms with van der Waals surface area (Å²) in [5.74, 6) is -0.768. The molecule has 0 atom stereocenters. The van der Waals surface area contributed by atoms with Gasteiger partial charge in [-0.05, 0) is 60.2 Å². The van der Waals surface area contributed by atoms with Gasteiger partial charge < -0.3 is 10.4 Å². The maximum Gasteiger partial charge on any atom is 0.354 e. The van der Waals surface area contributed by atoms with Crippen LogP contribution in [0.2, 0.25) is 0 Å². The van der Waals surface area contributed by atoms with Gasteiger partial charge in [0.1, 0.15) is 0 Å². The maximum atomic E-state index is 11.0. The van der Waals surface area contributed by atoms with Crippen LogP contribution in [0.25, 0.3) is 0 Å². The van der Waals surface area contributed by atoms with Crippen molar-refractivity contribution < 1.29 is 9.90 Å². The SMILES string of the molecule is Cc1cc(C(=O)O)nc(Nc2cccc(I)c2C)n1. The Labute approximate surface area is 124 Å². The average Bonchev–Trinajstić information content (AvgIpc) is 2.34. The van der Waals surface area contributed by atoms with Crippen molar-refractivity contribution >= 4 is 40.2 Å². The molecule has 2 N–H and O–H groups in total. The van der Waals surface area contributed by atoms with Crippen LogP contribution in [0, 0.1) is 17.4 Å². The quantitative estimate of drug-likeness (QED) is 0.814. The van der Waals surface area contributed by atoms with Gasteiger partial charge in [0.05, 0.1) is 0 Å². The third-order valence-electron chi connectivity index (χ3n) is 2.59. The molecule has 0 bridgehead atoms. The Morgan fingerprint density at radius 2 is 2.05 bits per heavy atom. The molecule has 98 valence electrons. The van der Waals surface area contributed by atoms with Crippen molar-refractivity contribution in [3.63, 3.8) is 0 Å². The first-order chi connectivity index (χ1) is 8.97. The summed E-state index contributed by atoms with van der Waals surface area (Å²) >= 11 is 2.24. The Bertz CT molecular complexity index is 644. The fraction of sp³-hybridized carbons (Fsp3) is 0.154. The van der Waals surface area contributed by atoms with E-state index in [4.69, 9.17) is 5.11 Å². The van der Waals surface area contributed by atoms with Gasteiger partial charge in [-0.25, -0.2) is 14.8 Å². The highest BCUT2D eigenvalue weighted by Crippen LogP contribution is 2.22. The second kappa shape index (κ2) is 5.52. The Kier molecular flexibility index (Phi) is 3.98. The van der Waals surface area contributed by atoms with E-state index >= 15 is 0 Å². The van der Waals surface area contributed by atoms with Crippen LogP contribution >= 0.6 is 22.6 Å². The standard InChI is InChI=1S/C13H12IN3O2/c1-7-6-11(12(18)19)17-13(15-7)16-10-5-3-4-9(14)8(10)2/h3-6H,1-2H3,(H,18,19)(H,15,16,17). The summed E-state index contributed by atoms with van der Waals surface area (Å²) in [4.78, 5) is 19.1. The van der Waals surface area contributed by atoms with E-state index in [-0.39, 0.29) is 5.69 Å². The molecule has 0 fully saturated rings. The number of anilines is 2. The number of aromatic nitrogens is 2. The van der Waals surface area contributed by atoms with Gasteiger partial charge in [0.15, 0.2) is 5.69 Å². The fourth-order valence-electron chi connectivity index (χ4n) is 1.60. The number of halogens is 1. The fourth-order valence-corrected chi connectivity index (χ4v) is 2.10. The molecule has 0 spiro atoms. The number of benzene rings is 1. The van der Waals surface area contributed by atoms with Crippen molar-refractivity contribution in [3.8, 4) is 0 Å². The predicted octanol–water partition coefficient (Wildman–Crippen LogP) is 3.14. The first-order valence-electron chi connectivity index (χ1n) is 5.58. The summed E-state index contributed by atoms with van der Waals surface area (Å²) in [6, 6.07) is 7.27. The highest BCUT2D eigenvalue weighted by Gasteiger charge is 2.10. The summed E-state index contributed by atoms with van der Waals surface area (Å²) in [5, 5.41) is 12.0. The zero-order chi connectivity index (χ0) is 14.0. The molecule has 1 aromatic carbocycles. The molecule has 2 aromatic rings. The molecule has 1 heterocycles. The number of aryl methyl sites for hydroxylation is 1. The minimum atomic E-state index is -1.06. The number of carboxylic acids is 1. The Balaban J connectivity index is 2.38. The number of nitrogens with zero attached hydrogens (tertiary/aromatic N) is 2. The van der Waals surface area contributed by atoms with Crippen LogP contribution in [0.1, 0.15) is 21.7 Å². The molecule has 0 saturated carbocycles. The molecule has 0 unspecified atom stereocenters. The first kappa shape index (κ1) is 13.7. The van der Waals surface area contributed by atoms with Crippen LogP contribution < -0.4 is 5.32 Å². The van der Waals surface area contributed by atoms with E-state index in [1.807, 2.05) is 25.1 Å². The van der Waals surface area contributed by atoms with E-state index in [0.717, 1.165) is 14.8 Å². The van der Waals surface area contributed by atoms with Gasteiger partial charge in [-0.1, -0.05) is 6.07 Å². The molecule has 2 rings (SSSR count). The number of aromatic carboxylic acids is 1. The molecule has 5 nitrogen and oxygen atoms in total. The number of hydrogen-bond donors (Lipinski definition) is 2. The van der Waals surface area contributed by atoms with Crippen molar-refractivity contribution in [1.82, 2.24) is 9.97 Å². The monoisotopic (exact) mass is 369 g/mol. The van der Waals surface area contributed by atoms with Gasteiger partial charge in [0.25, 0.3) is 0 Å². The average molecular weight is 369 g/mol. The number of hydrogen-bond acceptors (Lipinski definition) is 4.